The van der Waals surface area contributed by atoms with E-state index in [0.717, 1.165) is 43.6 Å². The molecule has 0 fully saturated rings. The van der Waals surface area contributed by atoms with Gasteiger partial charge >= 0.3 is 0 Å². The number of unbranched alkanes of at least 4 members (excludes halogenated alkanes) is 4. The highest BCUT2D eigenvalue weighted by atomic mass is 32.2. The summed E-state index contributed by atoms with van der Waals surface area (Å²) in [5.41, 5.74) is 7.12. The Kier molecular flexibility index (Phi) is 11.3. The summed E-state index contributed by atoms with van der Waals surface area (Å²) >= 11 is 0. The van der Waals surface area contributed by atoms with Crippen molar-refractivity contribution in [3.63, 3.8) is 0 Å². The molecule has 0 bridgehead atoms. The van der Waals surface area contributed by atoms with E-state index in [9.17, 15) is 18.1 Å². The lowest BCUT2D eigenvalue weighted by atomic mass is 9.79. The van der Waals surface area contributed by atoms with Crippen molar-refractivity contribution in [2.24, 2.45) is 0 Å². The fourth-order valence-electron chi connectivity index (χ4n) is 8.33. The number of anilines is 1. The maximum atomic E-state index is 11.4. The molecule has 0 aromatic heterocycles. The molecule has 2 N–H and O–H groups in total. The van der Waals surface area contributed by atoms with Crippen LogP contribution in [0, 0.1) is 0 Å². The number of rotatable bonds is 15. The number of fused-ring (bicyclic) bond motifs is 6. The molecule has 0 spiro atoms. The number of nitrogens with zero attached hydrogens (tertiary/aromatic N) is 2. The zero-order chi connectivity index (χ0) is 36.9. The van der Waals surface area contributed by atoms with Gasteiger partial charge in [-0.3, -0.25) is 4.55 Å². The van der Waals surface area contributed by atoms with E-state index in [2.05, 4.69) is 152 Å². The molecule has 4 aromatic carbocycles. The molecule has 2 aliphatic heterocycles. The summed E-state index contributed by atoms with van der Waals surface area (Å²) in [6.45, 7) is 11.0. The van der Waals surface area contributed by atoms with E-state index >= 15 is 0 Å². The molecule has 52 heavy (non-hydrogen) atoms. The molecule has 0 unspecified atom stereocenters. The molecule has 0 radical (unpaired) electrons. The number of allylic oxidation sites excluding steroid dienone is 8. The fraction of sp³-hybridized carbons (Fsp3) is 0.356. The molecule has 0 saturated heterocycles. The summed E-state index contributed by atoms with van der Waals surface area (Å²) in [7, 11) is -3.99. The molecule has 0 aliphatic carbocycles. The molecule has 6 nitrogen and oxygen atoms in total. The first-order valence-corrected chi connectivity index (χ1v) is 20.3. The minimum Gasteiger partial charge on any atom is -0.396 e. The van der Waals surface area contributed by atoms with Gasteiger partial charge in [-0.25, -0.2) is 0 Å². The highest BCUT2D eigenvalue weighted by Gasteiger charge is 2.45. The molecule has 0 atom stereocenters. The van der Waals surface area contributed by atoms with E-state index in [0.29, 0.717) is 19.4 Å². The van der Waals surface area contributed by atoms with Gasteiger partial charge in [-0.15, -0.1) is 0 Å². The number of hydrogen-bond donors (Lipinski definition) is 2. The Morgan fingerprint density at radius 1 is 0.692 bits per heavy atom. The number of hydrogen-bond acceptors (Lipinski definition) is 4. The monoisotopic (exact) mass is 717 g/mol. The first-order valence-electron chi connectivity index (χ1n) is 18.7. The van der Waals surface area contributed by atoms with E-state index in [1.54, 1.807) is 0 Å². The van der Waals surface area contributed by atoms with Crippen molar-refractivity contribution in [1.82, 2.24) is 0 Å². The summed E-state index contributed by atoms with van der Waals surface area (Å²) in [6.07, 6.45) is 20.0. The Bertz CT molecular complexity index is 2210. The fourth-order valence-corrected chi connectivity index (χ4v) is 8.90. The molecular formula is C45H53N2O4S+. The van der Waals surface area contributed by atoms with Crippen LogP contribution in [0.15, 0.2) is 121 Å². The van der Waals surface area contributed by atoms with Crippen molar-refractivity contribution in [3.05, 3.63) is 132 Å². The quantitative estimate of drug-likeness (QED) is 0.0554. The summed E-state index contributed by atoms with van der Waals surface area (Å²) in [5, 5.41) is 14.3. The van der Waals surface area contributed by atoms with Gasteiger partial charge in [0, 0.05) is 54.1 Å². The van der Waals surface area contributed by atoms with Gasteiger partial charge in [0.1, 0.15) is 6.54 Å². The maximum Gasteiger partial charge on any atom is 0.264 e. The Morgan fingerprint density at radius 3 is 2.04 bits per heavy atom. The molecule has 272 valence electrons. The molecular weight excluding hydrogens is 665 g/mol. The van der Waals surface area contributed by atoms with Gasteiger partial charge in [0.15, 0.2) is 5.71 Å². The molecule has 0 saturated carbocycles. The van der Waals surface area contributed by atoms with Crippen LogP contribution in [0.1, 0.15) is 77.3 Å². The summed E-state index contributed by atoms with van der Waals surface area (Å²) < 4.78 is 34.5. The van der Waals surface area contributed by atoms with Crippen molar-refractivity contribution >= 4 is 48.7 Å². The lowest BCUT2D eigenvalue weighted by Crippen LogP contribution is -2.28. The van der Waals surface area contributed by atoms with E-state index < -0.39 is 10.1 Å². The van der Waals surface area contributed by atoms with E-state index in [1.807, 2.05) is 0 Å². The maximum absolute atomic E-state index is 11.4. The van der Waals surface area contributed by atoms with Crippen LogP contribution >= 0.6 is 0 Å². The number of benzene rings is 4. The Hall–Kier alpha value is -4.30. The highest BCUT2D eigenvalue weighted by Crippen LogP contribution is 2.51. The van der Waals surface area contributed by atoms with Crippen molar-refractivity contribution in [1.29, 1.82) is 0 Å². The van der Waals surface area contributed by atoms with Crippen molar-refractivity contribution in [2.45, 2.75) is 77.0 Å². The zero-order valence-corrected chi connectivity index (χ0v) is 31.9. The Balaban J connectivity index is 1.24. The Labute approximate surface area is 309 Å². The smallest absolute Gasteiger partial charge is 0.264 e. The van der Waals surface area contributed by atoms with Crippen LogP contribution in [0.3, 0.4) is 0 Å². The summed E-state index contributed by atoms with van der Waals surface area (Å²) in [6, 6.07) is 26.0. The van der Waals surface area contributed by atoms with Gasteiger partial charge < -0.3 is 10.0 Å². The molecule has 2 aliphatic rings. The van der Waals surface area contributed by atoms with E-state index in [-0.39, 0.29) is 23.2 Å². The van der Waals surface area contributed by atoms with Crippen LogP contribution in [0.2, 0.25) is 0 Å². The number of aliphatic hydroxyl groups is 1. The predicted octanol–water partition coefficient (Wildman–Crippen LogP) is 9.94. The highest BCUT2D eigenvalue weighted by molar-refractivity contribution is 7.85. The van der Waals surface area contributed by atoms with E-state index in [4.69, 9.17) is 0 Å². The van der Waals surface area contributed by atoms with Crippen molar-refractivity contribution < 1.29 is 22.7 Å². The third-order valence-electron chi connectivity index (χ3n) is 10.8. The summed E-state index contributed by atoms with van der Waals surface area (Å²) in [4.78, 5) is 2.32. The second-order valence-corrected chi connectivity index (χ2v) is 16.7. The first kappa shape index (κ1) is 37.5. The lowest BCUT2D eigenvalue weighted by Gasteiger charge is -2.27. The Morgan fingerprint density at radius 2 is 1.33 bits per heavy atom. The minimum atomic E-state index is -3.99. The third-order valence-corrected chi connectivity index (χ3v) is 11.6. The second kappa shape index (κ2) is 15.7. The van der Waals surface area contributed by atoms with Crippen LogP contribution in [-0.4, -0.2) is 53.8 Å². The SMILES string of the molecule is CC1(C)C(/C=C/C=C/C=C/C=C2\N(CCCCS(=O)(=O)O)c3ccc4ccccc4c3C2(C)C)=[N+](CCCCCCO)c2ccc3ccccc3c21. The minimum absolute atomic E-state index is 0.163. The molecule has 6 rings (SSSR count). The van der Waals surface area contributed by atoms with Gasteiger partial charge in [0.2, 0.25) is 5.69 Å². The van der Waals surface area contributed by atoms with Gasteiger partial charge in [-0.2, -0.15) is 13.0 Å². The average Bonchev–Trinajstić information content (AvgIpc) is 3.47. The molecule has 7 heteroatoms. The van der Waals surface area contributed by atoms with Crippen molar-refractivity contribution in [2.75, 3.05) is 30.3 Å². The van der Waals surface area contributed by atoms with Crippen molar-refractivity contribution in [3.8, 4) is 0 Å². The standard InChI is InChI=1S/C45H52N2O4S/c1-44(2)40(46(30-16-8-9-18-32-48)38-28-26-34-20-12-14-22-36(34)42(38)44)24-10-6-5-7-11-25-41-45(3,4)43-37-23-15-13-21-35(37)27-29-39(43)47(41)31-17-19-33-52(49,50)51/h5-7,10-15,20-29,48H,8-9,16-19,30-33H2,1-4H3/p+1. The van der Waals surface area contributed by atoms with Gasteiger partial charge in [0.05, 0.1) is 11.2 Å². The number of aliphatic hydroxyl groups excluding tert-OH is 1. The molecule has 2 heterocycles. The van der Waals surface area contributed by atoms with Crippen LogP contribution in [0.5, 0.6) is 0 Å². The lowest BCUT2D eigenvalue weighted by molar-refractivity contribution is -0.438. The summed E-state index contributed by atoms with van der Waals surface area (Å²) in [5.74, 6) is -0.229. The topological polar surface area (TPSA) is 80.8 Å². The van der Waals surface area contributed by atoms with Crippen LogP contribution in [-0.2, 0) is 20.9 Å². The van der Waals surface area contributed by atoms with Gasteiger partial charge in [-0.05, 0) is 84.8 Å². The normalized spacial score (nSPS) is 17.6. The van der Waals surface area contributed by atoms with Crippen LogP contribution in [0.25, 0.3) is 21.5 Å². The average molecular weight is 718 g/mol. The molecule has 4 aromatic rings. The largest absolute Gasteiger partial charge is 0.396 e. The van der Waals surface area contributed by atoms with Crippen LogP contribution in [0.4, 0.5) is 11.4 Å². The zero-order valence-electron chi connectivity index (χ0n) is 31.1. The second-order valence-electron chi connectivity index (χ2n) is 15.1. The first-order chi connectivity index (χ1) is 24.9. The van der Waals surface area contributed by atoms with E-state index in [1.165, 1.54) is 44.1 Å². The van der Waals surface area contributed by atoms with Gasteiger partial charge in [0.25, 0.3) is 10.1 Å². The van der Waals surface area contributed by atoms with Gasteiger partial charge in [-0.1, -0.05) is 105 Å². The molecule has 0 amide bonds. The van der Waals surface area contributed by atoms with Crippen LogP contribution < -0.4 is 4.90 Å². The third kappa shape index (κ3) is 7.73. The predicted molar refractivity (Wildman–Crippen MR) is 218 cm³/mol.